The molecule has 0 radical (unpaired) electrons. The first kappa shape index (κ1) is 17.0. The summed E-state index contributed by atoms with van der Waals surface area (Å²) in [7, 11) is 0. The zero-order valence-electron chi connectivity index (χ0n) is 14.2. The summed E-state index contributed by atoms with van der Waals surface area (Å²) in [6.07, 6.45) is 2.22. The summed E-state index contributed by atoms with van der Waals surface area (Å²) < 4.78 is 0. The Labute approximate surface area is 147 Å². The van der Waals surface area contributed by atoms with Gasteiger partial charge in [-0.25, -0.2) is 0 Å². The van der Waals surface area contributed by atoms with Crippen molar-refractivity contribution in [1.82, 2.24) is 15.1 Å². The number of nitrogens with zero attached hydrogens (tertiary/aromatic N) is 3. The van der Waals surface area contributed by atoms with Gasteiger partial charge in [0.25, 0.3) is 0 Å². The maximum atomic E-state index is 12.3. The monoisotopic (exact) mass is 341 g/mol. The molecule has 1 aliphatic heterocycles. The van der Waals surface area contributed by atoms with Gasteiger partial charge in [-0.1, -0.05) is 43.0 Å². The summed E-state index contributed by atoms with van der Waals surface area (Å²) in [5.74, 6) is 1.38. The van der Waals surface area contributed by atoms with Crippen molar-refractivity contribution >= 4 is 17.7 Å². The Kier molecular flexibility index (Phi) is 5.51. The number of hydrogen-bond donors (Lipinski definition) is 0. The van der Waals surface area contributed by atoms with Crippen molar-refractivity contribution in [2.45, 2.75) is 31.7 Å². The molecule has 1 fully saturated rings. The molecule has 1 amide bonds. The Morgan fingerprint density at radius 1 is 1.17 bits per heavy atom. The highest BCUT2D eigenvalue weighted by Crippen LogP contribution is 2.23. The molecule has 0 atom stereocenters. The maximum absolute atomic E-state index is 12.3. The van der Waals surface area contributed by atoms with Crippen LogP contribution in [0.1, 0.15) is 25.3 Å². The van der Waals surface area contributed by atoms with E-state index in [1.165, 1.54) is 17.3 Å². The highest BCUT2D eigenvalue weighted by molar-refractivity contribution is 7.99. The van der Waals surface area contributed by atoms with Gasteiger partial charge in [0, 0.05) is 18.7 Å². The molecule has 1 saturated heterocycles. The standard InChI is InChI=1S/C19H23N3OS/c1-14-9-11-22(12-10-14)19(23)13-24-18-8-7-17(20-21-18)16-6-4-3-5-15(16)2/h3-8,14H,9-13H2,1-2H3. The number of aromatic nitrogens is 2. The molecule has 126 valence electrons. The average Bonchev–Trinajstić information content (AvgIpc) is 2.61. The number of likely N-dealkylation sites (tertiary alicyclic amines) is 1. The molecule has 0 spiro atoms. The second-order valence-corrected chi connectivity index (χ2v) is 7.42. The van der Waals surface area contributed by atoms with Crippen LogP contribution in [0.5, 0.6) is 0 Å². The Bertz CT molecular complexity index is 694. The fraction of sp³-hybridized carbons (Fsp3) is 0.421. The zero-order chi connectivity index (χ0) is 16.9. The number of aryl methyl sites for hydroxylation is 1. The number of rotatable bonds is 4. The molecule has 2 aromatic rings. The van der Waals surface area contributed by atoms with E-state index in [2.05, 4.69) is 30.1 Å². The SMILES string of the molecule is Cc1ccccc1-c1ccc(SCC(=O)N2CCC(C)CC2)nn1. The highest BCUT2D eigenvalue weighted by atomic mass is 32.2. The van der Waals surface area contributed by atoms with Crippen LogP contribution in [0, 0.1) is 12.8 Å². The number of carbonyl (C=O) groups excluding carboxylic acids is 1. The first-order valence-corrected chi connectivity index (χ1v) is 9.42. The van der Waals surface area contributed by atoms with Crippen molar-refractivity contribution < 1.29 is 4.79 Å². The maximum Gasteiger partial charge on any atom is 0.232 e. The number of benzene rings is 1. The van der Waals surface area contributed by atoms with Crippen molar-refractivity contribution in [2.75, 3.05) is 18.8 Å². The molecule has 0 bridgehead atoms. The van der Waals surface area contributed by atoms with Crippen LogP contribution in [0.2, 0.25) is 0 Å². The molecule has 0 unspecified atom stereocenters. The lowest BCUT2D eigenvalue weighted by molar-refractivity contribution is -0.129. The van der Waals surface area contributed by atoms with Crippen LogP contribution in [0.4, 0.5) is 0 Å². The third kappa shape index (κ3) is 4.15. The predicted octanol–water partition coefficient (Wildman–Crippen LogP) is 3.80. The molecule has 3 rings (SSSR count). The van der Waals surface area contributed by atoms with Crippen LogP contribution < -0.4 is 0 Å². The smallest absolute Gasteiger partial charge is 0.232 e. The van der Waals surface area contributed by atoms with Crippen LogP contribution in [-0.2, 0) is 4.79 Å². The predicted molar refractivity (Wildman–Crippen MR) is 97.9 cm³/mol. The third-order valence-electron chi connectivity index (χ3n) is 4.54. The Morgan fingerprint density at radius 3 is 2.58 bits per heavy atom. The quantitative estimate of drug-likeness (QED) is 0.794. The molecule has 1 aromatic heterocycles. The molecular formula is C19H23N3OS. The Balaban J connectivity index is 1.57. The van der Waals surface area contributed by atoms with E-state index in [4.69, 9.17) is 0 Å². The number of amides is 1. The van der Waals surface area contributed by atoms with Crippen molar-refractivity contribution in [3.8, 4) is 11.3 Å². The normalized spacial score (nSPS) is 15.5. The van der Waals surface area contributed by atoms with Gasteiger partial charge in [0.2, 0.25) is 5.91 Å². The highest BCUT2D eigenvalue weighted by Gasteiger charge is 2.20. The van der Waals surface area contributed by atoms with Gasteiger partial charge < -0.3 is 4.90 Å². The summed E-state index contributed by atoms with van der Waals surface area (Å²) in [4.78, 5) is 14.2. The first-order chi connectivity index (χ1) is 11.6. The summed E-state index contributed by atoms with van der Waals surface area (Å²) in [5, 5.41) is 9.38. The zero-order valence-corrected chi connectivity index (χ0v) is 15.1. The van der Waals surface area contributed by atoms with E-state index in [1.54, 1.807) is 0 Å². The molecule has 24 heavy (non-hydrogen) atoms. The minimum atomic E-state index is 0.205. The van der Waals surface area contributed by atoms with E-state index < -0.39 is 0 Å². The van der Waals surface area contributed by atoms with E-state index in [9.17, 15) is 4.79 Å². The van der Waals surface area contributed by atoms with Crippen molar-refractivity contribution in [3.63, 3.8) is 0 Å². The first-order valence-electron chi connectivity index (χ1n) is 8.44. The lowest BCUT2D eigenvalue weighted by Gasteiger charge is -2.30. The van der Waals surface area contributed by atoms with Crippen LogP contribution in [0.3, 0.4) is 0 Å². The molecule has 4 nitrogen and oxygen atoms in total. The fourth-order valence-electron chi connectivity index (χ4n) is 2.89. The van der Waals surface area contributed by atoms with Crippen LogP contribution in [0.15, 0.2) is 41.4 Å². The van der Waals surface area contributed by atoms with Gasteiger partial charge in [-0.05, 0) is 43.4 Å². The Hall–Kier alpha value is -1.88. The average molecular weight is 341 g/mol. The second-order valence-electron chi connectivity index (χ2n) is 6.42. The van der Waals surface area contributed by atoms with E-state index in [0.29, 0.717) is 5.75 Å². The van der Waals surface area contributed by atoms with Gasteiger partial charge in [-0.3, -0.25) is 4.79 Å². The van der Waals surface area contributed by atoms with Gasteiger partial charge >= 0.3 is 0 Å². The van der Waals surface area contributed by atoms with Gasteiger partial charge in [-0.2, -0.15) is 0 Å². The summed E-state index contributed by atoms with van der Waals surface area (Å²) in [5.41, 5.74) is 3.15. The molecule has 1 aromatic carbocycles. The molecule has 2 heterocycles. The largest absolute Gasteiger partial charge is 0.342 e. The minimum Gasteiger partial charge on any atom is -0.342 e. The Morgan fingerprint density at radius 2 is 1.92 bits per heavy atom. The van der Waals surface area contributed by atoms with Gasteiger partial charge in [-0.15, -0.1) is 10.2 Å². The second kappa shape index (κ2) is 7.79. The number of carbonyl (C=O) groups is 1. The van der Waals surface area contributed by atoms with Crippen LogP contribution in [-0.4, -0.2) is 39.8 Å². The van der Waals surface area contributed by atoms with Gasteiger partial charge in [0.05, 0.1) is 11.4 Å². The third-order valence-corrected chi connectivity index (χ3v) is 5.45. The van der Waals surface area contributed by atoms with E-state index in [0.717, 1.165) is 48.1 Å². The lowest BCUT2D eigenvalue weighted by Crippen LogP contribution is -2.38. The van der Waals surface area contributed by atoms with Crippen molar-refractivity contribution in [3.05, 3.63) is 42.0 Å². The molecule has 1 aliphatic rings. The molecule has 0 saturated carbocycles. The topological polar surface area (TPSA) is 46.1 Å². The molecule has 5 heteroatoms. The number of thioether (sulfide) groups is 1. The fourth-order valence-corrected chi connectivity index (χ4v) is 3.60. The van der Waals surface area contributed by atoms with Crippen molar-refractivity contribution in [2.24, 2.45) is 5.92 Å². The van der Waals surface area contributed by atoms with Crippen LogP contribution in [0.25, 0.3) is 11.3 Å². The lowest BCUT2D eigenvalue weighted by atomic mass is 9.99. The molecule has 0 N–H and O–H groups in total. The number of hydrogen-bond acceptors (Lipinski definition) is 4. The number of piperidine rings is 1. The summed E-state index contributed by atoms with van der Waals surface area (Å²) in [6.45, 7) is 6.09. The molecule has 0 aliphatic carbocycles. The van der Waals surface area contributed by atoms with Crippen LogP contribution >= 0.6 is 11.8 Å². The van der Waals surface area contributed by atoms with Gasteiger partial charge in [0.1, 0.15) is 5.03 Å². The van der Waals surface area contributed by atoms with E-state index >= 15 is 0 Å². The van der Waals surface area contributed by atoms with Crippen molar-refractivity contribution in [1.29, 1.82) is 0 Å². The minimum absolute atomic E-state index is 0.205. The molecular weight excluding hydrogens is 318 g/mol. The summed E-state index contributed by atoms with van der Waals surface area (Å²) >= 11 is 1.47. The van der Waals surface area contributed by atoms with E-state index in [1.807, 2.05) is 35.2 Å². The summed E-state index contributed by atoms with van der Waals surface area (Å²) in [6, 6.07) is 12.1. The van der Waals surface area contributed by atoms with Gasteiger partial charge in [0.15, 0.2) is 0 Å². The van der Waals surface area contributed by atoms with E-state index in [-0.39, 0.29) is 5.91 Å².